The van der Waals surface area contributed by atoms with Crippen molar-refractivity contribution in [3.05, 3.63) is 0 Å². The summed E-state index contributed by atoms with van der Waals surface area (Å²) in [5.74, 6) is -0.634. The van der Waals surface area contributed by atoms with Crippen molar-refractivity contribution in [2.75, 3.05) is 20.3 Å². The van der Waals surface area contributed by atoms with Crippen LogP contribution in [0, 0.1) is 11.3 Å². The molecule has 46 heavy (non-hydrogen) atoms. The molecule has 6 nitrogen and oxygen atoms in total. The van der Waals surface area contributed by atoms with Crippen molar-refractivity contribution in [3.8, 4) is 0 Å². The predicted octanol–water partition coefficient (Wildman–Crippen LogP) is 10.4. The summed E-state index contributed by atoms with van der Waals surface area (Å²) in [5.41, 5.74) is 5.14. The summed E-state index contributed by atoms with van der Waals surface area (Å²) in [7, 11) is 1.63. The number of hydrogen-bond donors (Lipinski definition) is 3. The monoisotopic (exact) mass is 656 g/mol. The minimum Gasteiger partial charge on any atom is -0.394 e. The van der Waals surface area contributed by atoms with Gasteiger partial charge in [-0.1, -0.05) is 169 Å². The molecule has 6 heteroatoms. The highest BCUT2D eigenvalue weighted by Gasteiger charge is 2.53. The molecule has 0 spiro atoms. The Kier molecular flexibility index (Phi) is 31.1. The molecule has 0 aliphatic rings. The van der Waals surface area contributed by atoms with Crippen LogP contribution in [0.1, 0.15) is 201 Å². The van der Waals surface area contributed by atoms with Crippen LogP contribution >= 0.6 is 0 Å². The Balaban J connectivity index is 5.08. The summed E-state index contributed by atoms with van der Waals surface area (Å²) < 4.78 is 12.5. The highest BCUT2D eigenvalue weighted by molar-refractivity contribution is 5.82. The maximum absolute atomic E-state index is 13.5. The molecule has 0 saturated carbocycles. The first kappa shape index (κ1) is 45.3. The van der Waals surface area contributed by atoms with Gasteiger partial charge in [-0.15, -0.1) is 0 Å². The third-order valence-electron chi connectivity index (χ3n) is 10.4. The van der Waals surface area contributed by atoms with Gasteiger partial charge in [0.05, 0.1) is 30.3 Å². The average Bonchev–Trinajstić information content (AvgIpc) is 3.05. The second kappa shape index (κ2) is 31.6. The minimum absolute atomic E-state index is 0.0893. The highest BCUT2D eigenvalue weighted by atomic mass is 16.5. The summed E-state index contributed by atoms with van der Waals surface area (Å²) in [5, 5.41) is 20.5. The Labute approximate surface area is 286 Å². The zero-order valence-electron chi connectivity index (χ0n) is 31.5. The molecule has 0 fully saturated rings. The lowest BCUT2D eigenvalue weighted by Gasteiger charge is -2.47. The van der Waals surface area contributed by atoms with Crippen molar-refractivity contribution in [2.45, 2.75) is 219 Å². The molecular weight excluding hydrogens is 574 g/mol. The van der Waals surface area contributed by atoms with E-state index in [1.165, 1.54) is 122 Å². The molecule has 0 rings (SSSR count). The summed E-state index contributed by atoms with van der Waals surface area (Å²) >= 11 is 0. The third-order valence-corrected chi connectivity index (χ3v) is 10.4. The summed E-state index contributed by atoms with van der Waals surface area (Å²) in [6.07, 6.45) is 30.2. The number of primary amides is 1. The average molecular weight is 656 g/mol. The molecule has 0 saturated heterocycles. The molecule has 0 aliphatic carbocycles. The van der Waals surface area contributed by atoms with E-state index >= 15 is 0 Å². The van der Waals surface area contributed by atoms with E-state index in [9.17, 15) is 15.0 Å². The van der Waals surface area contributed by atoms with E-state index in [2.05, 4.69) is 20.8 Å². The lowest BCUT2D eigenvalue weighted by Crippen LogP contribution is -2.57. The van der Waals surface area contributed by atoms with Crippen LogP contribution in [0.25, 0.3) is 0 Å². The second-order valence-electron chi connectivity index (χ2n) is 14.2. The lowest BCUT2D eigenvalue weighted by atomic mass is 9.62. The summed E-state index contributed by atoms with van der Waals surface area (Å²) in [4.78, 5) is 13.5. The Bertz CT molecular complexity index is 658. The van der Waals surface area contributed by atoms with Crippen LogP contribution in [0.5, 0.6) is 0 Å². The fraction of sp³-hybridized carbons (Fsp3) is 0.975. The normalized spacial score (nSPS) is 15.8. The van der Waals surface area contributed by atoms with Gasteiger partial charge in [0.15, 0.2) is 0 Å². The van der Waals surface area contributed by atoms with Gasteiger partial charge < -0.3 is 25.4 Å². The van der Waals surface area contributed by atoms with Crippen molar-refractivity contribution in [1.29, 1.82) is 0 Å². The molecule has 0 radical (unpaired) electrons. The molecule has 0 aromatic heterocycles. The molecule has 276 valence electrons. The molecule has 4 N–H and O–H groups in total. The van der Waals surface area contributed by atoms with E-state index in [1.807, 2.05) is 6.92 Å². The van der Waals surface area contributed by atoms with Gasteiger partial charge in [-0.3, -0.25) is 4.79 Å². The summed E-state index contributed by atoms with van der Waals surface area (Å²) in [6, 6.07) is 0. The number of ether oxygens (including phenoxy) is 2. The van der Waals surface area contributed by atoms with E-state index in [-0.39, 0.29) is 18.4 Å². The van der Waals surface area contributed by atoms with Gasteiger partial charge in [0, 0.05) is 19.6 Å². The maximum atomic E-state index is 13.5. The largest absolute Gasteiger partial charge is 0.394 e. The molecular formula is C40H81NO5. The van der Waals surface area contributed by atoms with E-state index in [0.717, 1.165) is 38.5 Å². The molecule has 0 aliphatic heterocycles. The van der Waals surface area contributed by atoms with E-state index in [4.69, 9.17) is 15.2 Å². The number of carbonyl (C=O) groups excluding carboxylic acids is 1. The SMILES string of the molecule is CCCCCCCCCCCCCCCCOC(CC)C(CCCCCCCCCCC)C(CC(O)CO)(C(N)=O)C(CC)OC. The van der Waals surface area contributed by atoms with Gasteiger partial charge in [-0.05, 0) is 32.1 Å². The van der Waals surface area contributed by atoms with Crippen LogP contribution in [-0.4, -0.2) is 54.8 Å². The Morgan fingerprint density at radius 3 is 1.41 bits per heavy atom. The topological polar surface area (TPSA) is 102 Å². The number of rotatable bonds is 36. The Morgan fingerprint density at radius 2 is 1.07 bits per heavy atom. The van der Waals surface area contributed by atoms with E-state index in [0.29, 0.717) is 13.0 Å². The van der Waals surface area contributed by atoms with Crippen LogP contribution in [0.2, 0.25) is 0 Å². The fourth-order valence-electron chi connectivity index (χ4n) is 7.66. The van der Waals surface area contributed by atoms with Gasteiger partial charge in [-0.25, -0.2) is 0 Å². The van der Waals surface area contributed by atoms with Gasteiger partial charge in [0.2, 0.25) is 5.91 Å². The fourth-order valence-corrected chi connectivity index (χ4v) is 7.66. The minimum atomic E-state index is -1.11. The van der Waals surface area contributed by atoms with Crippen LogP contribution in [0.15, 0.2) is 0 Å². The maximum Gasteiger partial charge on any atom is 0.226 e. The number of nitrogens with two attached hydrogens (primary N) is 1. The summed E-state index contributed by atoms with van der Waals surface area (Å²) in [6.45, 7) is 8.93. The van der Waals surface area contributed by atoms with Gasteiger partial charge in [-0.2, -0.15) is 0 Å². The molecule has 0 bridgehead atoms. The number of aliphatic hydroxyl groups excluding tert-OH is 2. The van der Waals surface area contributed by atoms with Crippen LogP contribution in [-0.2, 0) is 14.3 Å². The van der Waals surface area contributed by atoms with Gasteiger partial charge >= 0.3 is 0 Å². The molecule has 0 aromatic carbocycles. The Morgan fingerprint density at radius 1 is 0.652 bits per heavy atom. The van der Waals surface area contributed by atoms with Crippen LogP contribution < -0.4 is 5.73 Å². The smallest absolute Gasteiger partial charge is 0.226 e. The molecule has 0 aromatic rings. The number of hydrogen-bond acceptors (Lipinski definition) is 5. The van der Waals surface area contributed by atoms with Crippen molar-refractivity contribution in [1.82, 2.24) is 0 Å². The number of aliphatic hydroxyl groups is 2. The quantitative estimate of drug-likeness (QED) is 0.0583. The standard InChI is InChI=1S/C40H81NO5/c1-6-10-12-14-16-18-19-20-21-22-24-26-28-30-32-46-37(8-3)36(31-29-27-25-23-17-15-13-11-7-2)40(39(41)44,33-35(43)34-42)38(9-4)45-5/h35-38,42-43H,6-34H2,1-5H3,(H2,41,44). The van der Waals surface area contributed by atoms with Crippen molar-refractivity contribution in [2.24, 2.45) is 17.1 Å². The zero-order valence-corrected chi connectivity index (χ0v) is 31.5. The Hall–Kier alpha value is -0.690. The third kappa shape index (κ3) is 20.0. The first-order valence-corrected chi connectivity index (χ1v) is 20.1. The van der Waals surface area contributed by atoms with Crippen LogP contribution in [0.3, 0.4) is 0 Å². The van der Waals surface area contributed by atoms with E-state index < -0.39 is 30.1 Å². The number of methoxy groups -OCH3 is 1. The molecule has 5 atom stereocenters. The number of carbonyl (C=O) groups is 1. The van der Waals surface area contributed by atoms with Gasteiger partial charge in [0.25, 0.3) is 0 Å². The molecule has 0 heterocycles. The van der Waals surface area contributed by atoms with Crippen molar-refractivity contribution >= 4 is 5.91 Å². The number of amides is 1. The molecule has 5 unspecified atom stereocenters. The molecule has 1 amide bonds. The van der Waals surface area contributed by atoms with E-state index in [1.54, 1.807) is 7.11 Å². The first-order chi connectivity index (χ1) is 22.4. The number of unbranched alkanes of at least 4 members (excludes halogenated alkanes) is 21. The highest BCUT2D eigenvalue weighted by Crippen LogP contribution is 2.45. The second-order valence-corrected chi connectivity index (χ2v) is 14.2. The van der Waals surface area contributed by atoms with Crippen LogP contribution in [0.4, 0.5) is 0 Å². The first-order valence-electron chi connectivity index (χ1n) is 20.1. The predicted molar refractivity (Wildman–Crippen MR) is 196 cm³/mol. The lowest BCUT2D eigenvalue weighted by molar-refractivity contribution is -0.162. The zero-order chi connectivity index (χ0) is 34.3. The van der Waals surface area contributed by atoms with Crippen molar-refractivity contribution < 1.29 is 24.5 Å². The van der Waals surface area contributed by atoms with Crippen molar-refractivity contribution in [3.63, 3.8) is 0 Å². The van der Waals surface area contributed by atoms with Gasteiger partial charge in [0.1, 0.15) is 0 Å².